The van der Waals surface area contributed by atoms with Crippen molar-refractivity contribution in [2.75, 3.05) is 23.6 Å². The van der Waals surface area contributed by atoms with E-state index in [0.717, 1.165) is 22.6 Å². The van der Waals surface area contributed by atoms with E-state index >= 15 is 0 Å². The summed E-state index contributed by atoms with van der Waals surface area (Å²) in [4.78, 5) is 32.0. The van der Waals surface area contributed by atoms with Gasteiger partial charge in [0.1, 0.15) is 5.82 Å². The molecule has 0 aliphatic carbocycles. The number of carbonyl (C=O) groups is 2. The zero-order valence-electron chi connectivity index (χ0n) is 18.8. The fourth-order valence-electron chi connectivity index (χ4n) is 4.25. The number of carbonyl (C=O) groups excluding carboxylic acids is 2. The number of ether oxygens (including phenoxy) is 2. The van der Waals surface area contributed by atoms with Crippen molar-refractivity contribution in [3.8, 4) is 27.9 Å². The first-order valence-electron chi connectivity index (χ1n) is 11.1. The number of hydrogen-bond acceptors (Lipinski definition) is 7. The molecule has 10 heteroatoms. The third kappa shape index (κ3) is 4.01. The highest BCUT2D eigenvalue weighted by Crippen LogP contribution is 2.36. The summed E-state index contributed by atoms with van der Waals surface area (Å²) < 4.78 is 12.5. The van der Waals surface area contributed by atoms with E-state index in [0.29, 0.717) is 29.0 Å². The van der Waals surface area contributed by atoms with Gasteiger partial charge in [0.25, 0.3) is 0 Å². The van der Waals surface area contributed by atoms with Crippen molar-refractivity contribution in [1.82, 2.24) is 14.8 Å². The second-order valence-corrected chi connectivity index (χ2v) is 9.23. The average molecular weight is 488 g/mol. The Morgan fingerprint density at radius 2 is 1.94 bits per heavy atom. The third-order valence-electron chi connectivity index (χ3n) is 5.99. The monoisotopic (exact) mass is 487 g/mol. The lowest BCUT2D eigenvalue weighted by Gasteiger charge is -2.16. The van der Waals surface area contributed by atoms with Gasteiger partial charge in [-0.05, 0) is 37.3 Å². The number of aryl methyl sites for hydroxylation is 1. The Morgan fingerprint density at radius 1 is 1.11 bits per heavy atom. The number of rotatable bonds is 5. The molecule has 1 saturated heterocycles. The molecule has 0 saturated carbocycles. The van der Waals surface area contributed by atoms with Crippen LogP contribution < -0.4 is 19.7 Å². The number of nitrogens with one attached hydrogen (secondary N) is 1. The number of hydrogen-bond donors (Lipinski definition) is 1. The van der Waals surface area contributed by atoms with Crippen molar-refractivity contribution in [3.05, 3.63) is 65.7 Å². The van der Waals surface area contributed by atoms with E-state index < -0.39 is 5.92 Å². The summed E-state index contributed by atoms with van der Waals surface area (Å²) in [5.41, 5.74) is 3.21. The van der Waals surface area contributed by atoms with E-state index in [4.69, 9.17) is 14.5 Å². The van der Waals surface area contributed by atoms with Gasteiger partial charge in [-0.1, -0.05) is 18.2 Å². The van der Waals surface area contributed by atoms with E-state index in [1.165, 1.54) is 11.3 Å². The normalized spacial score (nSPS) is 16.7. The van der Waals surface area contributed by atoms with Gasteiger partial charge in [0.2, 0.25) is 23.7 Å². The topological polar surface area (TPSA) is 98.6 Å². The quantitative estimate of drug-likeness (QED) is 0.457. The highest BCUT2D eigenvalue weighted by molar-refractivity contribution is 7.12. The van der Waals surface area contributed by atoms with E-state index in [-0.39, 0.29) is 25.0 Å². The predicted octanol–water partition coefficient (Wildman–Crippen LogP) is 4.02. The highest BCUT2D eigenvalue weighted by atomic mass is 32.1. The van der Waals surface area contributed by atoms with Crippen LogP contribution in [0.4, 0.5) is 11.5 Å². The molecule has 0 unspecified atom stereocenters. The Kier molecular flexibility index (Phi) is 5.22. The number of para-hydroxylation sites is 1. The number of amides is 2. The van der Waals surface area contributed by atoms with Gasteiger partial charge in [-0.3, -0.25) is 9.59 Å². The molecule has 0 spiro atoms. The second kappa shape index (κ2) is 8.55. The minimum absolute atomic E-state index is 0.0608. The van der Waals surface area contributed by atoms with Crippen molar-refractivity contribution in [3.63, 3.8) is 0 Å². The zero-order valence-corrected chi connectivity index (χ0v) is 19.6. The highest BCUT2D eigenvalue weighted by Gasteiger charge is 2.35. The van der Waals surface area contributed by atoms with Gasteiger partial charge in [0.15, 0.2) is 11.5 Å². The van der Waals surface area contributed by atoms with E-state index in [1.807, 2.05) is 60.8 Å². The summed E-state index contributed by atoms with van der Waals surface area (Å²) in [6.45, 7) is 2.41. The van der Waals surface area contributed by atoms with Crippen molar-refractivity contribution >= 4 is 34.7 Å². The molecule has 6 rings (SSSR count). The molecule has 1 fully saturated rings. The van der Waals surface area contributed by atoms with Gasteiger partial charge in [-0.25, -0.2) is 4.98 Å². The fourth-order valence-corrected chi connectivity index (χ4v) is 5.05. The molecule has 4 aromatic rings. The number of anilines is 2. The molecule has 176 valence electrons. The molecular weight excluding hydrogens is 466 g/mol. The lowest BCUT2D eigenvalue weighted by Crippen LogP contribution is -2.28. The molecule has 0 radical (unpaired) electrons. The number of nitrogens with zero attached hydrogens (tertiary/aromatic N) is 4. The van der Waals surface area contributed by atoms with Crippen LogP contribution >= 0.6 is 11.3 Å². The second-order valence-electron chi connectivity index (χ2n) is 8.40. The summed E-state index contributed by atoms with van der Waals surface area (Å²) in [6.07, 6.45) is 0.166. The maximum atomic E-state index is 13.1. The van der Waals surface area contributed by atoms with Crippen LogP contribution in [0.1, 0.15) is 12.1 Å². The molecule has 9 nitrogen and oxygen atoms in total. The molecule has 2 aliphatic rings. The predicted molar refractivity (Wildman–Crippen MR) is 131 cm³/mol. The lowest BCUT2D eigenvalue weighted by atomic mass is 10.1. The molecule has 2 amide bonds. The lowest BCUT2D eigenvalue weighted by molar-refractivity contribution is -0.122. The maximum absolute atomic E-state index is 13.1. The number of thiazole rings is 1. The van der Waals surface area contributed by atoms with Crippen LogP contribution in [0.15, 0.2) is 60.0 Å². The molecule has 0 bridgehead atoms. The summed E-state index contributed by atoms with van der Waals surface area (Å²) in [5, 5.41) is 10.0. The van der Waals surface area contributed by atoms with Gasteiger partial charge < -0.3 is 19.7 Å². The van der Waals surface area contributed by atoms with Crippen LogP contribution in [-0.2, 0) is 9.59 Å². The Hall–Kier alpha value is -4.18. The van der Waals surface area contributed by atoms with E-state index in [2.05, 4.69) is 10.4 Å². The Morgan fingerprint density at radius 3 is 2.80 bits per heavy atom. The molecule has 1 N–H and O–H groups in total. The van der Waals surface area contributed by atoms with Crippen LogP contribution in [0.3, 0.4) is 0 Å². The number of fused-ring (bicyclic) bond motifs is 1. The Bertz CT molecular complexity index is 1430. The fraction of sp³-hybridized carbons (Fsp3) is 0.200. The standard InChI is InChI=1S/C25H21N5O4S/c1-15-9-22(27-24(32)17-11-23(31)29(12-17)18-5-3-2-4-6-18)30(28-15)25-26-19(13-35-25)16-7-8-20-21(10-16)34-14-33-20/h2-10,13,17H,11-12,14H2,1H3,(H,27,32)/t17-/m0/s1. The third-order valence-corrected chi connectivity index (χ3v) is 6.80. The maximum Gasteiger partial charge on any atom is 0.231 e. The van der Waals surface area contributed by atoms with Crippen molar-refractivity contribution in [1.29, 1.82) is 0 Å². The molecule has 2 aromatic carbocycles. The SMILES string of the molecule is Cc1cc(NC(=O)[C@H]2CC(=O)N(c3ccccc3)C2)n(-c2nc(-c3ccc4c(c3)OCO4)cs2)n1. The molecule has 2 aromatic heterocycles. The zero-order chi connectivity index (χ0) is 23.9. The van der Waals surface area contributed by atoms with Crippen LogP contribution in [0.5, 0.6) is 11.5 Å². The summed E-state index contributed by atoms with van der Waals surface area (Å²) >= 11 is 1.42. The minimum Gasteiger partial charge on any atom is -0.454 e. The smallest absolute Gasteiger partial charge is 0.231 e. The van der Waals surface area contributed by atoms with Crippen molar-refractivity contribution in [2.24, 2.45) is 5.92 Å². The summed E-state index contributed by atoms with van der Waals surface area (Å²) in [6, 6.07) is 16.9. The minimum atomic E-state index is -0.452. The van der Waals surface area contributed by atoms with Gasteiger partial charge in [-0.15, -0.1) is 11.3 Å². The van der Waals surface area contributed by atoms with Gasteiger partial charge in [0, 0.05) is 35.7 Å². The molecular formula is C25H21N5O4S. The van der Waals surface area contributed by atoms with Crippen LogP contribution in [0, 0.1) is 12.8 Å². The van der Waals surface area contributed by atoms with Gasteiger partial charge >= 0.3 is 0 Å². The number of aromatic nitrogens is 3. The van der Waals surface area contributed by atoms with Crippen molar-refractivity contribution < 1.29 is 19.1 Å². The van der Waals surface area contributed by atoms with Gasteiger partial charge in [0.05, 0.1) is 17.3 Å². The first-order valence-corrected chi connectivity index (χ1v) is 12.0. The first kappa shape index (κ1) is 21.4. The van der Waals surface area contributed by atoms with E-state index in [9.17, 15) is 9.59 Å². The largest absolute Gasteiger partial charge is 0.454 e. The average Bonchev–Trinajstić information content (AvgIpc) is 3.65. The summed E-state index contributed by atoms with van der Waals surface area (Å²) in [7, 11) is 0. The van der Waals surface area contributed by atoms with Crippen LogP contribution in [-0.4, -0.2) is 39.9 Å². The van der Waals surface area contributed by atoms with E-state index in [1.54, 1.807) is 15.6 Å². The molecule has 4 heterocycles. The first-order chi connectivity index (χ1) is 17.0. The van der Waals surface area contributed by atoms with Gasteiger partial charge in [-0.2, -0.15) is 9.78 Å². The van der Waals surface area contributed by atoms with Crippen molar-refractivity contribution in [2.45, 2.75) is 13.3 Å². The molecule has 1 atom stereocenters. The molecule has 35 heavy (non-hydrogen) atoms. The molecule has 2 aliphatic heterocycles. The van der Waals surface area contributed by atoms with Crippen LogP contribution in [0.2, 0.25) is 0 Å². The van der Waals surface area contributed by atoms with Crippen LogP contribution in [0.25, 0.3) is 16.4 Å². The Balaban J connectivity index is 1.21. The summed E-state index contributed by atoms with van der Waals surface area (Å²) in [5.74, 6) is 1.19. The Labute approximate surface area is 204 Å². The number of benzene rings is 2.